The first kappa shape index (κ1) is 13.7. The van der Waals surface area contributed by atoms with Crippen molar-refractivity contribution in [2.24, 2.45) is 0 Å². The van der Waals surface area contributed by atoms with Crippen molar-refractivity contribution >= 4 is 77.9 Å². The van der Waals surface area contributed by atoms with Gasteiger partial charge in [-0.3, -0.25) is 0 Å². The maximum atomic E-state index is 5.15. The van der Waals surface area contributed by atoms with Gasteiger partial charge in [0.2, 0.25) is 0 Å². The Hall–Kier alpha value is 0.714. The molecule has 0 N–H and O–H groups in total. The fraction of sp³-hybridized carbons (Fsp3) is 1.00. The lowest BCUT2D eigenvalue weighted by molar-refractivity contribution is 2.10. The Kier molecular flexibility index (Phi) is 11.4. The van der Waals surface area contributed by atoms with E-state index in [1.54, 1.807) is 7.06 Å². The van der Waals surface area contributed by atoms with Gasteiger partial charge in [0.1, 0.15) is 0 Å². The van der Waals surface area contributed by atoms with E-state index < -0.39 is 0 Å². The van der Waals surface area contributed by atoms with E-state index in [1.165, 1.54) is 7.06 Å². The molecule has 0 aliphatic rings. The van der Waals surface area contributed by atoms with Crippen molar-refractivity contribution in [3.8, 4) is 0 Å². The van der Waals surface area contributed by atoms with Crippen molar-refractivity contribution in [2.75, 3.05) is 0 Å². The lowest BCUT2D eigenvalue weighted by Gasteiger charge is -1.97. The molecule has 0 atom stereocenters. The first-order chi connectivity index (χ1) is 6.27. The Morgan fingerprint density at radius 1 is 0.769 bits per heavy atom. The highest BCUT2D eigenvalue weighted by Gasteiger charge is 2.00. The summed E-state index contributed by atoms with van der Waals surface area (Å²) in [6.07, 6.45) is 0. The molecule has 0 nitrogen and oxygen atoms in total. The van der Waals surface area contributed by atoms with E-state index in [4.69, 9.17) is 7.74 Å². The average molecular weight is 149 g/mol. The molecule has 47 valence electrons. The van der Waals surface area contributed by atoms with Crippen molar-refractivity contribution in [1.82, 2.24) is 0 Å². The van der Waals surface area contributed by atoms with Gasteiger partial charge in [-0.15, -0.1) is 0 Å². The molecule has 0 heterocycles. The normalized spacial score (nSPS) is 7.54. The molecule has 0 unspecified atom stereocenters. The summed E-state index contributed by atoms with van der Waals surface area (Å²) in [5, 5.41) is 0. The zero-order valence-electron chi connectivity index (χ0n) is 8.35. The molecule has 0 aliphatic carbocycles. The third kappa shape index (κ3) is 12.7. The van der Waals surface area contributed by atoms with Gasteiger partial charge in [0, 0.05) is 71.3 Å². The second-order valence-corrected chi connectivity index (χ2v) is 2.98. The smallest absolute Gasteiger partial charge is 0.0835 e. The fourth-order valence-electron chi connectivity index (χ4n) is 0.671. The summed E-state index contributed by atoms with van der Waals surface area (Å²) in [6.45, 7) is 4.92. The molecule has 0 aromatic rings. The molecule has 0 fully saturated rings. The highest BCUT2D eigenvalue weighted by Crippen LogP contribution is 1.71. The van der Waals surface area contributed by atoms with Crippen LogP contribution in [0.3, 0.4) is 0 Å². The molecule has 13 heavy (non-hydrogen) atoms. The summed E-state index contributed by atoms with van der Waals surface area (Å²) in [7, 11) is 22.4. The van der Waals surface area contributed by atoms with E-state index in [9.17, 15) is 0 Å². The minimum Gasteiger partial charge on any atom is -0.0937 e. The van der Waals surface area contributed by atoms with Gasteiger partial charge in [-0.2, -0.15) is 0 Å². The molecule has 11 radical (unpaired) electrons. The van der Waals surface area contributed by atoms with Crippen molar-refractivity contribution in [2.45, 2.75) is 13.6 Å². The molecule has 0 aliphatic heterocycles. The summed E-state index contributed by atoms with van der Waals surface area (Å²) in [6, 6.07) is 0. The van der Waals surface area contributed by atoms with Gasteiger partial charge in [-0.1, -0.05) is 13.6 Å². The third-order valence-corrected chi connectivity index (χ3v) is 1.27. The molecule has 0 aromatic heterocycles. The van der Waals surface area contributed by atoms with Crippen molar-refractivity contribution in [3.63, 3.8) is 0 Å². The van der Waals surface area contributed by atoms with Crippen molar-refractivity contribution in [3.05, 3.63) is 0 Å². The summed E-state index contributed by atoms with van der Waals surface area (Å²) in [4.78, 5) is 0. The third-order valence-electron chi connectivity index (χ3n) is 1.27. The van der Waals surface area contributed by atoms with Crippen LogP contribution in [0.1, 0.15) is 0 Å². The SMILES string of the molecule is [B][B][B][B][B][B][B][B][B][B]B(C)C. The zero-order valence-corrected chi connectivity index (χ0v) is 8.35. The molecule has 0 saturated heterocycles. The number of hydrogen-bond acceptors (Lipinski definition) is 0. The number of rotatable bonds is 9. The maximum Gasteiger partial charge on any atom is 0.0835 e. The van der Waals surface area contributed by atoms with Gasteiger partial charge < -0.3 is 0 Å². The van der Waals surface area contributed by atoms with Gasteiger partial charge in [0.05, 0.1) is 6.60 Å². The molecule has 0 aromatic carbocycles. The molecule has 0 rings (SSSR count). The maximum absolute atomic E-state index is 5.15. The molecular weight excluding hydrogens is 143 g/mol. The topological polar surface area (TPSA) is 0 Å². The van der Waals surface area contributed by atoms with Crippen LogP contribution in [-0.4, -0.2) is 77.9 Å². The number of hydrogen-bond donors (Lipinski definition) is 0. The molecule has 0 amide bonds. The first-order valence-electron chi connectivity index (χ1n) is 4.49. The standard InChI is InChI=1S/C2H6B11/c1-13(2)12-11-10-9-8-7-6-5-4-3/h1-2H3. The van der Waals surface area contributed by atoms with Crippen molar-refractivity contribution in [1.29, 1.82) is 0 Å². The van der Waals surface area contributed by atoms with Gasteiger partial charge in [-0.05, 0) is 0 Å². The second-order valence-electron chi connectivity index (χ2n) is 2.98. The van der Waals surface area contributed by atoms with Gasteiger partial charge in [0.25, 0.3) is 0 Å². The molecule has 0 spiro atoms. The monoisotopic (exact) mass is 151 g/mol. The predicted octanol–water partition coefficient (Wildman–Crippen LogP) is -3.02. The van der Waals surface area contributed by atoms with Crippen LogP contribution in [-0.2, 0) is 0 Å². The highest BCUT2D eigenvalue weighted by molar-refractivity contribution is 7.70. The van der Waals surface area contributed by atoms with E-state index in [1.807, 2.05) is 42.4 Å². The summed E-state index contributed by atoms with van der Waals surface area (Å²) in [5.74, 6) is 0. The predicted molar refractivity (Wildman–Crippen MR) is 75.0 cm³/mol. The Morgan fingerprint density at radius 2 is 1.23 bits per heavy atom. The van der Waals surface area contributed by atoms with Crippen LogP contribution in [0.15, 0.2) is 0 Å². The Bertz CT molecular complexity index is 92.1. The minimum absolute atomic E-state index is 0.611. The second kappa shape index (κ2) is 10.8. The average Bonchev–Trinajstić information content (AvgIpc) is 2.09. The van der Waals surface area contributed by atoms with E-state index in [2.05, 4.69) is 20.7 Å². The summed E-state index contributed by atoms with van der Waals surface area (Å²) in [5.41, 5.74) is 0. The Labute approximate surface area is 91.8 Å². The van der Waals surface area contributed by atoms with Gasteiger partial charge in [0.15, 0.2) is 0 Å². The van der Waals surface area contributed by atoms with E-state index in [-0.39, 0.29) is 0 Å². The Morgan fingerprint density at radius 3 is 1.69 bits per heavy atom. The van der Waals surface area contributed by atoms with E-state index >= 15 is 0 Å². The highest BCUT2D eigenvalue weighted by atomic mass is 13.1. The fourth-order valence-corrected chi connectivity index (χ4v) is 0.671. The molecular formula is C2H6B11. The lowest BCUT2D eigenvalue weighted by atomic mass is 8.87. The van der Waals surface area contributed by atoms with Crippen LogP contribution in [0, 0.1) is 0 Å². The molecule has 11 heteroatoms. The van der Waals surface area contributed by atoms with Crippen molar-refractivity contribution < 1.29 is 0 Å². The van der Waals surface area contributed by atoms with E-state index in [0.717, 1.165) is 0 Å². The quantitative estimate of drug-likeness (QED) is 0.242. The Balaban J connectivity index is 2.84. The molecule has 0 bridgehead atoms. The van der Waals surface area contributed by atoms with Crippen LogP contribution >= 0.6 is 0 Å². The van der Waals surface area contributed by atoms with Crippen LogP contribution in [0.25, 0.3) is 0 Å². The minimum atomic E-state index is 0.611. The van der Waals surface area contributed by atoms with Crippen LogP contribution in [0.5, 0.6) is 0 Å². The van der Waals surface area contributed by atoms with E-state index in [0.29, 0.717) is 6.60 Å². The van der Waals surface area contributed by atoms with Gasteiger partial charge in [-0.25, -0.2) is 0 Å². The zero-order chi connectivity index (χ0) is 9.94. The summed E-state index contributed by atoms with van der Waals surface area (Å²) >= 11 is 0. The first-order valence-corrected chi connectivity index (χ1v) is 4.49. The largest absolute Gasteiger partial charge is 0.0937 e. The molecule has 0 saturated carbocycles. The van der Waals surface area contributed by atoms with Gasteiger partial charge >= 0.3 is 0 Å². The van der Waals surface area contributed by atoms with Crippen LogP contribution in [0.2, 0.25) is 13.6 Å². The lowest BCUT2D eigenvalue weighted by Crippen LogP contribution is -2.34. The summed E-state index contributed by atoms with van der Waals surface area (Å²) < 4.78 is 0. The van der Waals surface area contributed by atoms with Crippen LogP contribution < -0.4 is 0 Å². The van der Waals surface area contributed by atoms with Crippen LogP contribution in [0.4, 0.5) is 0 Å².